The first-order chi connectivity index (χ1) is 16.2. The Morgan fingerprint density at radius 3 is 2.70 bits per heavy atom. The van der Waals surface area contributed by atoms with Crippen LogP contribution in [-0.4, -0.2) is 36.6 Å². The second-order valence-electron chi connectivity index (χ2n) is 8.09. The molecule has 0 spiro atoms. The first-order valence-corrected chi connectivity index (χ1v) is 12.8. The summed E-state index contributed by atoms with van der Waals surface area (Å²) in [6, 6.07) is 16.4. The van der Waals surface area contributed by atoms with E-state index >= 15 is 0 Å². The molecule has 0 N–H and O–H groups in total. The number of aromatic nitrogens is 1. The van der Waals surface area contributed by atoms with Crippen molar-refractivity contribution in [1.29, 1.82) is 0 Å². The Hall–Kier alpha value is -2.90. The second-order valence-corrected chi connectivity index (χ2v) is 10.2. The Labute approximate surface area is 201 Å². The van der Waals surface area contributed by atoms with Gasteiger partial charge in [-0.25, -0.2) is 4.98 Å². The van der Waals surface area contributed by atoms with Gasteiger partial charge in [0.2, 0.25) is 5.91 Å². The minimum atomic E-state index is -0.0940. The number of hydrogen-bond acceptors (Lipinski definition) is 6. The number of rotatable bonds is 7. The predicted octanol–water partition coefficient (Wildman–Crippen LogP) is 5.87. The highest BCUT2D eigenvalue weighted by molar-refractivity contribution is 7.18. The van der Waals surface area contributed by atoms with Gasteiger partial charge in [0.05, 0.1) is 35.5 Å². The smallest absolute Gasteiger partial charge is 0.223 e. The number of benzene rings is 2. The Balaban J connectivity index is 1.36. The van der Waals surface area contributed by atoms with Gasteiger partial charge < -0.3 is 14.4 Å². The van der Waals surface area contributed by atoms with E-state index in [2.05, 4.69) is 23.6 Å². The lowest BCUT2D eigenvalue weighted by Crippen LogP contribution is -2.40. The molecule has 0 saturated carbocycles. The number of methoxy groups -OCH3 is 2. The van der Waals surface area contributed by atoms with E-state index in [4.69, 9.17) is 14.5 Å². The number of aryl methyl sites for hydroxylation is 1. The van der Waals surface area contributed by atoms with Crippen LogP contribution in [0.2, 0.25) is 0 Å². The molecule has 1 amide bonds. The summed E-state index contributed by atoms with van der Waals surface area (Å²) in [6.07, 6.45) is 2.94. The number of carbonyl (C=O) groups excluding carboxylic acids is 1. The third kappa shape index (κ3) is 4.35. The zero-order valence-electron chi connectivity index (χ0n) is 18.7. The van der Waals surface area contributed by atoms with Crippen molar-refractivity contribution in [3.05, 3.63) is 74.9 Å². The van der Waals surface area contributed by atoms with Crippen molar-refractivity contribution in [3.63, 3.8) is 0 Å². The highest BCUT2D eigenvalue weighted by atomic mass is 32.1. The third-order valence-electron chi connectivity index (χ3n) is 6.13. The zero-order chi connectivity index (χ0) is 22.8. The molecule has 1 atom stereocenters. The SMILES string of the molecule is COc1cc2c(cc1OC)[C@@H](c1cccs1)N(C(=O)CCCc1nc3ccccc3s1)CC2. The van der Waals surface area contributed by atoms with E-state index < -0.39 is 0 Å². The minimum Gasteiger partial charge on any atom is -0.493 e. The maximum Gasteiger partial charge on any atom is 0.223 e. The topological polar surface area (TPSA) is 51.7 Å². The summed E-state index contributed by atoms with van der Waals surface area (Å²) in [5, 5.41) is 3.17. The monoisotopic (exact) mass is 478 g/mol. The molecule has 33 heavy (non-hydrogen) atoms. The van der Waals surface area contributed by atoms with Gasteiger partial charge in [0.1, 0.15) is 0 Å². The molecule has 3 heterocycles. The van der Waals surface area contributed by atoms with Crippen molar-refractivity contribution >= 4 is 38.8 Å². The van der Waals surface area contributed by atoms with Gasteiger partial charge >= 0.3 is 0 Å². The van der Waals surface area contributed by atoms with Crippen LogP contribution in [0.15, 0.2) is 53.9 Å². The average Bonchev–Trinajstić information content (AvgIpc) is 3.52. The van der Waals surface area contributed by atoms with Gasteiger partial charge in [0.25, 0.3) is 0 Å². The van der Waals surface area contributed by atoms with E-state index in [0.29, 0.717) is 18.7 Å². The molecule has 5 rings (SSSR count). The summed E-state index contributed by atoms with van der Waals surface area (Å²) >= 11 is 3.41. The van der Waals surface area contributed by atoms with Gasteiger partial charge in [0.15, 0.2) is 11.5 Å². The van der Waals surface area contributed by atoms with Gasteiger partial charge in [-0.3, -0.25) is 4.79 Å². The fourth-order valence-electron chi connectivity index (χ4n) is 4.53. The van der Waals surface area contributed by atoms with Crippen LogP contribution in [0.1, 0.15) is 39.9 Å². The van der Waals surface area contributed by atoms with Crippen molar-refractivity contribution in [2.24, 2.45) is 0 Å². The number of nitrogens with zero attached hydrogens (tertiary/aromatic N) is 2. The van der Waals surface area contributed by atoms with Crippen molar-refractivity contribution in [2.75, 3.05) is 20.8 Å². The van der Waals surface area contributed by atoms with E-state index in [1.54, 1.807) is 36.9 Å². The van der Waals surface area contributed by atoms with Gasteiger partial charge in [-0.1, -0.05) is 18.2 Å². The second kappa shape index (κ2) is 9.53. The van der Waals surface area contributed by atoms with E-state index in [-0.39, 0.29) is 11.9 Å². The van der Waals surface area contributed by atoms with Gasteiger partial charge in [-0.15, -0.1) is 22.7 Å². The van der Waals surface area contributed by atoms with Crippen molar-refractivity contribution < 1.29 is 14.3 Å². The average molecular weight is 479 g/mol. The number of thiophene rings is 1. The molecule has 2 aromatic carbocycles. The molecule has 7 heteroatoms. The summed E-state index contributed by atoms with van der Waals surface area (Å²) in [4.78, 5) is 21.3. The molecule has 5 nitrogen and oxygen atoms in total. The van der Waals surface area contributed by atoms with Gasteiger partial charge in [-0.05, 0) is 66.1 Å². The number of ether oxygens (including phenoxy) is 2. The van der Waals surface area contributed by atoms with Gasteiger partial charge in [-0.2, -0.15) is 0 Å². The quantitative estimate of drug-likeness (QED) is 0.333. The maximum atomic E-state index is 13.4. The van der Waals surface area contributed by atoms with E-state index in [1.807, 2.05) is 35.2 Å². The minimum absolute atomic E-state index is 0.0940. The third-order valence-corrected chi connectivity index (χ3v) is 8.15. The molecule has 1 aliphatic rings. The maximum absolute atomic E-state index is 13.4. The normalized spacial score (nSPS) is 15.5. The molecule has 1 aliphatic heterocycles. The molecule has 170 valence electrons. The predicted molar refractivity (Wildman–Crippen MR) is 134 cm³/mol. The number of thiazole rings is 1. The summed E-state index contributed by atoms with van der Waals surface area (Å²) in [7, 11) is 3.31. The van der Waals surface area contributed by atoms with Crippen LogP contribution in [0, 0.1) is 0 Å². The summed E-state index contributed by atoms with van der Waals surface area (Å²) in [6.45, 7) is 0.699. The lowest BCUT2D eigenvalue weighted by molar-refractivity contribution is -0.133. The van der Waals surface area contributed by atoms with Crippen molar-refractivity contribution in [1.82, 2.24) is 9.88 Å². The van der Waals surface area contributed by atoms with Crippen LogP contribution in [0.3, 0.4) is 0 Å². The number of carbonyl (C=O) groups is 1. The van der Waals surface area contributed by atoms with Crippen LogP contribution in [0.5, 0.6) is 11.5 Å². The molecule has 0 fully saturated rings. The molecular formula is C26H26N2O3S2. The largest absolute Gasteiger partial charge is 0.493 e. The number of amides is 1. The molecular weight excluding hydrogens is 452 g/mol. The number of hydrogen-bond donors (Lipinski definition) is 0. The van der Waals surface area contributed by atoms with E-state index in [1.165, 1.54) is 15.1 Å². The molecule has 2 aromatic heterocycles. The van der Waals surface area contributed by atoms with Crippen LogP contribution in [0.25, 0.3) is 10.2 Å². The first kappa shape index (κ1) is 21.9. The number of fused-ring (bicyclic) bond motifs is 2. The lowest BCUT2D eigenvalue weighted by atomic mass is 9.90. The summed E-state index contributed by atoms with van der Waals surface area (Å²) < 4.78 is 12.3. The van der Waals surface area contributed by atoms with Crippen molar-refractivity contribution in [2.45, 2.75) is 31.7 Å². The van der Waals surface area contributed by atoms with Crippen LogP contribution in [0.4, 0.5) is 0 Å². The Morgan fingerprint density at radius 2 is 1.94 bits per heavy atom. The molecule has 0 aliphatic carbocycles. The Morgan fingerprint density at radius 1 is 1.12 bits per heavy atom. The molecule has 4 aromatic rings. The van der Waals surface area contributed by atoms with Crippen LogP contribution >= 0.6 is 22.7 Å². The lowest BCUT2D eigenvalue weighted by Gasteiger charge is -2.37. The fourth-order valence-corrected chi connectivity index (χ4v) is 6.39. The summed E-state index contributed by atoms with van der Waals surface area (Å²) in [5.41, 5.74) is 3.38. The Bertz CT molecular complexity index is 1230. The van der Waals surface area contributed by atoms with E-state index in [9.17, 15) is 4.79 Å². The molecule has 0 unspecified atom stereocenters. The molecule has 0 bridgehead atoms. The Kier molecular flexibility index (Phi) is 6.33. The van der Waals surface area contributed by atoms with Gasteiger partial charge in [0, 0.05) is 17.8 Å². The molecule has 0 saturated heterocycles. The highest BCUT2D eigenvalue weighted by Crippen LogP contribution is 2.42. The number of para-hydroxylation sites is 1. The molecule has 0 radical (unpaired) electrons. The standard InChI is InChI=1S/C26H26N2O3S2/c1-30-20-15-17-12-13-28(26(23-9-6-14-32-23)18(17)16-21(20)31-2)25(29)11-5-10-24-27-19-7-3-4-8-22(19)33-24/h3-4,6-9,14-16,26H,5,10-13H2,1-2H3/t26-/m0/s1. The highest BCUT2D eigenvalue weighted by Gasteiger charge is 2.33. The van der Waals surface area contributed by atoms with E-state index in [0.717, 1.165) is 41.1 Å². The fraction of sp³-hybridized carbons (Fsp3) is 0.308. The zero-order valence-corrected chi connectivity index (χ0v) is 20.4. The first-order valence-electron chi connectivity index (χ1n) is 11.1. The van der Waals surface area contributed by atoms with Crippen molar-refractivity contribution in [3.8, 4) is 11.5 Å². The summed E-state index contributed by atoms with van der Waals surface area (Å²) in [5.74, 6) is 1.62. The van der Waals surface area contributed by atoms with Crippen LogP contribution < -0.4 is 9.47 Å². The van der Waals surface area contributed by atoms with Crippen LogP contribution in [-0.2, 0) is 17.6 Å².